The van der Waals surface area contributed by atoms with E-state index in [2.05, 4.69) is 21.3 Å². The Morgan fingerprint density at radius 2 is 1.36 bits per heavy atom. The molecule has 4 N–H and O–H groups in total. The number of carbonyl (C=O) groups excluding carboxylic acids is 3. The molecule has 0 fully saturated rings. The van der Waals surface area contributed by atoms with Crippen molar-refractivity contribution < 1.29 is 19.1 Å². The van der Waals surface area contributed by atoms with Crippen molar-refractivity contribution in [2.24, 2.45) is 0 Å². The third-order valence-corrected chi connectivity index (χ3v) is 7.72. The fourth-order valence-corrected chi connectivity index (χ4v) is 5.29. The van der Waals surface area contributed by atoms with Crippen LogP contribution in [0.2, 0.25) is 0 Å². The first kappa shape index (κ1) is 30.5. The summed E-state index contributed by atoms with van der Waals surface area (Å²) in [6.45, 7) is 0.323. The number of amides is 3. The summed E-state index contributed by atoms with van der Waals surface area (Å²) in [5.74, 6) is 0.238. The largest absolute Gasteiger partial charge is 0.457 e. The second-order valence-electron chi connectivity index (χ2n) is 11.0. The Morgan fingerprint density at radius 3 is 2.00 bits per heavy atom. The standard InChI is InChI=1S/C36H38N4O4/c1-37-32-22-27-14-8-16-29(20-27)44-30-17-9-15-28(21-30)23-33(34(41)38-24-26-12-6-3-7-13-26)40-35(42)31(39-36(32)43)19-18-25-10-4-2-5-11-25/h2-17,20-21,31-33,37H,18-19,22-24H2,1H3,(H,38,41)(H,39,43)(H,40,42)/t31-,32-,33-/m0/s1. The lowest BCUT2D eigenvalue weighted by molar-refractivity contribution is -0.132. The van der Waals surface area contributed by atoms with Crippen LogP contribution in [0, 0.1) is 0 Å². The number of nitrogens with one attached hydrogen (secondary N) is 4. The maximum absolute atomic E-state index is 13.9. The molecule has 0 saturated carbocycles. The van der Waals surface area contributed by atoms with E-state index in [9.17, 15) is 14.4 Å². The summed E-state index contributed by atoms with van der Waals surface area (Å²) >= 11 is 0. The van der Waals surface area contributed by atoms with Crippen LogP contribution in [0.1, 0.15) is 28.7 Å². The molecule has 4 bridgehead atoms. The van der Waals surface area contributed by atoms with E-state index in [0.29, 0.717) is 37.3 Å². The lowest BCUT2D eigenvalue weighted by atomic mass is 10.0. The molecule has 0 aliphatic carbocycles. The predicted octanol–water partition coefficient (Wildman–Crippen LogP) is 4.08. The minimum atomic E-state index is -0.881. The third-order valence-electron chi connectivity index (χ3n) is 7.72. The summed E-state index contributed by atoms with van der Waals surface area (Å²) in [5.41, 5.74) is 3.74. The quantitative estimate of drug-likeness (QED) is 0.260. The highest BCUT2D eigenvalue weighted by Crippen LogP contribution is 2.24. The van der Waals surface area contributed by atoms with E-state index in [1.54, 1.807) is 7.05 Å². The molecule has 0 aromatic heterocycles. The highest BCUT2D eigenvalue weighted by Gasteiger charge is 2.29. The van der Waals surface area contributed by atoms with Crippen molar-refractivity contribution in [2.75, 3.05) is 7.05 Å². The minimum Gasteiger partial charge on any atom is -0.457 e. The van der Waals surface area contributed by atoms with E-state index in [1.807, 2.05) is 109 Å². The van der Waals surface area contributed by atoms with Gasteiger partial charge in [0, 0.05) is 13.0 Å². The van der Waals surface area contributed by atoms with Crippen LogP contribution in [-0.4, -0.2) is 42.9 Å². The van der Waals surface area contributed by atoms with E-state index >= 15 is 0 Å². The lowest BCUT2D eigenvalue weighted by Crippen LogP contribution is -2.56. The van der Waals surface area contributed by atoms with Gasteiger partial charge in [-0.05, 0) is 72.8 Å². The van der Waals surface area contributed by atoms with Gasteiger partial charge in [0.1, 0.15) is 23.6 Å². The average molecular weight is 591 g/mol. The lowest BCUT2D eigenvalue weighted by Gasteiger charge is -2.25. The van der Waals surface area contributed by atoms with Crippen molar-refractivity contribution in [1.29, 1.82) is 0 Å². The number of ether oxygens (including phenoxy) is 1. The maximum Gasteiger partial charge on any atom is 0.243 e. The SMILES string of the molecule is CN[C@H]1Cc2cccc(c2)Oc2cccc(c2)C[C@@H](C(=O)NCc2ccccc2)NC(=O)[C@H](CCc2ccccc2)NC1=O. The molecule has 1 aliphatic rings. The second kappa shape index (κ2) is 15.0. The van der Waals surface area contributed by atoms with Gasteiger partial charge in [0.25, 0.3) is 0 Å². The van der Waals surface area contributed by atoms with Crippen LogP contribution in [-0.2, 0) is 40.2 Å². The van der Waals surface area contributed by atoms with Gasteiger partial charge in [0.05, 0.1) is 6.04 Å². The Kier molecular flexibility index (Phi) is 10.4. The van der Waals surface area contributed by atoms with Crippen molar-refractivity contribution in [3.63, 3.8) is 0 Å². The molecule has 5 rings (SSSR count). The molecular weight excluding hydrogens is 552 g/mol. The molecule has 44 heavy (non-hydrogen) atoms. The number of hydrogen-bond acceptors (Lipinski definition) is 5. The van der Waals surface area contributed by atoms with E-state index in [1.165, 1.54) is 0 Å². The fourth-order valence-electron chi connectivity index (χ4n) is 5.29. The molecule has 3 amide bonds. The highest BCUT2D eigenvalue weighted by atomic mass is 16.5. The number of benzene rings is 4. The summed E-state index contributed by atoms with van der Waals surface area (Å²) in [5, 5.41) is 12.0. The van der Waals surface area contributed by atoms with Gasteiger partial charge in [-0.15, -0.1) is 0 Å². The van der Waals surface area contributed by atoms with Gasteiger partial charge in [-0.2, -0.15) is 0 Å². The summed E-state index contributed by atoms with van der Waals surface area (Å²) in [7, 11) is 1.72. The Labute approximate surface area is 258 Å². The van der Waals surface area contributed by atoms with E-state index in [4.69, 9.17) is 4.74 Å². The molecule has 0 unspecified atom stereocenters. The number of rotatable bonds is 7. The van der Waals surface area contributed by atoms with Crippen LogP contribution in [0.5, 0.6) is 11.5 Å². The molecule has 4 aromatic carbocycles. The second-order valence-corrected chi connectivity index (χ2v) is 11.0. The van der Waals surface area contributed by atoms with Crippen LogP contribution in [0.3, 0.4) is 0 Å². The van der Waals surface area contributed by atoms with Crippen molar-refractivity contribution in [1.82, 2.24) is 21.3 Å². The van der Waals surface area contributed by atoms with Gasteiger partial charge in [-0.3, -0.25) is 14.4 Å². The molecule has 8 nitrogen and oxygen atoms in total. The zero-order valence-electron chi connectivity index (χ0n) is 24.8. The van der Waals surface area contributed by atoms with Crippen molar-refractivity contribution >= 4 is 17.7 Å². The smallest absolute Gasteiger partial charge is 0.243 e. The van der Waals surface area contributed by atoms with Gasteiger partial charge in [0.15, 0.2) is 0 Å². The van der Waals surface area contributed by atoms with E-state index in [-0.39, 0.29) is 18.2 Å². The summed E-state index contributed by atoms with van der Waals surface area (Å²) in [4.78, 5) is 41.0. The van der Waals surface area contributed by atoms with Crippen LogP contribution >= 0.6 is 0 Å². The molecule has 3 atom stereocenters. The third kappa shape index (κ3) is 8.55. The van der Waals surface area contributed by atoms with Crippen LogP contribution in [0.4, 0.5) is 0 Å². The first-order valence-electron chi connectivity index (χ1n) is 15.0. The average Bonchev–Trinajstić information content (AvgIpc) is 3.05. The van der Waals surface area contributed by atoms with Crippen LogP contribution in [0.25, 0.3) is 0 Å². The van der Waals surface area contributed by atoms with Crippen LogP contribution in [0.15, 0.2) is 109 Å². The summed E-state index contributed by atoms with van der Waals surface area (Å²) in [6.07, 6.45) is 1.59. The molecule has 0 spiro atoms. The molecular formula is C36H38N4O4. The molecule has 0 saturated heterocycles. The zero-order valence-corrected chi connectivity index (χ0v) is 24.8. The van der Waals surface area contributed by atoms with Crippen LogP contribution < -0.4 is 26.0 Å². The topological polar surface area (TPSA) is 109 Å². The number of aryl methyl sites for hydroxylation is 1. The number of hydrogen-bond donors (Lipinski definition) is 4. The molecule has 1 aliphatic heterocycles. The monoisotopic (exact) mass is 590 g/mol. The van der Waals surface area contributed by atoms with Crippen molar-refractivity contribution in [2.45, 2.75) is 50.4 Å². The Bertz CT molecular complexity index is 1560. The molecule has 226 valence electrons. The van der Waals surface area contributed by atoms with E-state index in [0.717, 1.165) is 22.3 Å². The number of carbonyl (C=O) groups is 3. The number of fused-ring (bicyclic) bond motifs is 4. The Hall–Kier alpha value is -4.95. The Morgan fingerprint density at radius 1 is 0.750 bits per heavy atom. The van der Waals surface area contributed by atoms with Gasteiger partial charge in [0.2, 0.25) is 17.7 Å². The van der Waals surface area contributed by atoms with Crippen molar-refractivity contribution in [3.05, 3.63) is 131 Å². The summed E-state index contributed by atoms with van der Waals surface area (Å²) < 4.78 is 6.16. The predicted molar refractivity (Wildman–Crippen MR) is 170 cm³/mol. The Balaban J connectivity index is 1.45. The summed E-state index contributed by atoms with van der Waals surface area (Å²) in [6, 6.07) is 32.2. The first-order chi connectivity index (χ1) is 21.5. The van der Waals surface area contributed by atoms with Gasteiger partial charge in [-0.1, -0.05) is 84.9 Å². The molecule has 8 heteroatoms. The van der Waals surface area contributed by atoms with Gasteiger partial charge in [-0.25, -0.2) is 0 Å². The molecule has 1 heterocycles. The zero-order chi connectivity index (χ0) is 30.7. The van der Waals surface area contributed by atoms with Crippen molar-refractivity contribution in [3.8, 4) is 11.5 Å². The fraction of sp³-hybridized carbons (Fsp3) is 0.250. The molecule has 0 radical (unpaired) electrons. The van der Waals surface area contributed by atoms with E-state index < -0.39 is 24.0 Å². The molecule has 4 aromatic rings. The van der Waals surface area contributed by atoms with Gasteiger partial charge < -0.3 is 26.0 Å². The highest BCUT2D eigenvalue weighted by molar-refractivity contribution is 5.93. The van der Waals surface area contributed by atoms with Gasteiger partial charge >= 0.3 is 0 Å². The normalized spacial score (nSPS) is 18.8. The maximum atomic E-state index is 13.9. The number of likely N-dealkylation sites (N-methyl/N-ethyl adjacent to an activating group) is 1. The first-order valence-corrected chi connectivity index (χ1v) is 15.0. The minimum absolute atomic E-state index is 0.238.